The molecule has 0 saturated carbocycles. The van der Waals surface area contributed by atoms with E-state index in [1.165, 1.54) is 30.5 Å². The van der Waals surface area contributed by atoms with Gasteiger partial charge in [-0.1, -0.05) is 39.0 Å². The number of nitrogens with zero attached hydrogens (tertiary/aromatic N) is 4. The van der Waals surface area contributed by atoms with E-state index in [2.05, 4.69) is 22.3 Å². The second-order valence-electron chi connectivity index (χ2n) is 4.26. The monoisotopic (exact) mass is 226 g/mol. The summed E-state index contributed by atoms with van der Waals surface area (Å²) in [5, 5.41) is 21.4. The van der Waals surface area contributed by atoms with Gasteiger partial charge in [-0.2, -0.15) is 4.80 Å². The Bertz CT molecular complexity index is 287. The molecule has 0 saturated heterocycles. The highest BCUT2D eigenvalue weighted by Gasteiger charge is 2.09. The molecule has 0 aliphatic rings. The molecule has 5 nitrogen and oxygen atoms in total. The third-order valence-electron chi connectivity index (χ3n) is 2.61. The number of hydrogen-bond donors (Lipinski definition) is 1. The van der Waals surface area contributed by atoms with Gasteiger partial charge in [0.2, 0.25) is 0 Å². The van der Waals surface area contributed by atoms with Crippen LogP contribution in [0.2, 0.25) is 0 Å². The number of rotatable bonds is 8. The van der Waals surface area contributed by atoms with E-state index in [1.54, 1.807) is 7.05 Å². The van der Waals surface area contributed by atoms with Gasteiger partial charge >= 0.3 is 0 Å². The van der Waals surface area contributed by atoms with Crippen LogP contribution in [0.25, 0.3) is 0 Å². The number of unbranched alkanes of at least 4 members (excludes halogenated alkanes) is 4. The normalized spacial score (nSPS) is 12.9. The zero-order chi connectivity index (χ0) is 11.8. The summed E-state index contributed by atoms with van der Waals surface area (Å²) >= 11 is 0. The van der Waals surface area contributed by atoms with Gasteiger partial charge in [0, 0.05) is 6.42 Å². The first-order chi connectivity index (χ1) is 7.72. The summed E-state index contributed by atoms with van der Waals surface area (Å²) in [6, 6.07) is 0. The highest BCUT2D eigenvalue weighted by Crippen LogP contribution is 2.09. The van der Waals surface area contributed by atoms with Crippen molar-refractivity contribution in [1.82, 2.24) is 20.2 Å². The van der Waals surface area contributed by atoms with Crippen molar-refractivity contribution in [2.45, 2.75) is 58.0 Å². The zero-order valence-electron chi connectivity index (χ0n) is 10.3. The van der Waals surface area contributed by atoms with Crippen LogP contribution in [0.4, 0.5) is 0 Å². The lowest BCUT2D eigenvalue weighted by Gasteiger charge is -2.07. The van der Waals surface area contributed by atoms with Gasteiger partial charge in [0.05, 0.1) is 13.2 Å². The van der Waals surface area contributed by atoms with Gasteiger partial charge in [0.1, 0.15) is 0 Å². The van der Waals surface area contributed by atoms with Crippen LogP contribution in [0, 0.1) is 0 Å². The Morgan fingerprint density at radius 2 is 2.00 bits per heavy atom. The maximum Gasteiger partial charge on any atom is 0.177 e. The molecule has 5 heteroatoms. The standard InChI is InChI=1S/C11H22N4O/c1-3-4-5-6-7-8-10(16)9-11-12-14-15(2)13-11/h10,16H,3-9H2,1-2H3. The van der Waals surface area contributed by atoms with E-state index in [4.69, 9.17) is 0 Å². The van der Waals surface area contributed by atoms with Crippen molar-refractivity contribution in [3.05, 3.63) is 5.82 Å². The molecule has 1 rings (SSSR count). The summed E-state index contributed by atoms with van der Waals surface area (Å²) < 4.78 is 0. The number of aryl methyl sites for hydroxylation is 1. The second-order valence-corrected chi connectivity index (χ2v) is 4.26. The van der Waals surface area contributed by atoms with E-state index in [0.29, 0.717) is 12.2 Å². The Labute approximate surface area is 96.9 Å². The third-order valence-corrected chi connectivity index (χ3v) is 2.61. The van der Waals surface area contributed by atoms with E-state index < -0.39 is 0 Å². The van der Waals surface area contributed by atoms with Gasteiger partial charge in [-0.25, -0.2) is 0 Å². The minimum Gasteiger partial charge on any atom is -0.393 e. The summed E-state index contributed by atoms with van der Waals surface area (Å²) in [4.78, 5) is 1.42. The van der Waals surface area contributed by atoms with E-state index in [1.807, 2.05) is 0 Å². The maximum absolute atomic E-state index is 9.75. The summed E-state index contributed by atoms with van der Waals surface area (Å²) in [5.74, 6) is 0.628. The van der Waals surface area contributed by atoms with E-state index in [9.17, 15) is 5.11 Å². The van der Waals surface area contributed by atoms with Crippen molar-refractivity contribution in [2.24, 2.45) is 7.05 Å². The SMILES string of the molecule is CCCCCCCC(O)Cc1nnn(C)n1. The Hall–Kier alpha value is -0.970. The average Bonchev–Trinajstić information content (AvgIpc) is 2.63. The third kappa shape index (κ3) is 5.21. The Morgan fingerprint density at radius 1 is 1.25 bits per heavy atom. The molecule has 1 atom stereocenters. The highest BCUT2D eigenvalue weighted by atomic mass is 16.3. The van der Waals surface area contributed by atoms with Crippen LogP contribution in [0.15, 0.2) is 0 Å². The predicted octanol–water partition coefficient (Wildman–Crippen LogP) is 1.47. The number of hydrogen-bond acceptors (Lipinski definition) is 4. The lowest BCUT2D eigenvalue weighted by molar-refractivity contribution is 0.158. The Balaban J connectivity index is 2.09. The highest BCUT2D eigenvalue weighted by molar-refractivity contribution is 4.80. The molecule has 0 fully saturated rings. The predicted molar refractivity (Wildman–Crippen MR) is 61.9 cm³/mol. The minimum atomic E-state index is -0.328. The molecule has 0 radical (unpaired) electrons. The van der Waals surface area contributed by atoms with Gasteiger partial charge in [-0.05, 0) is 11.6 Å². The summed E-state index contributed by atoms with van der Waals surface area (Å²) in [5.41, 5.74) is 0. The van der Waals surface area contributed by atoms with Crippen LogP contribution in [-0.4, -0.2) is 31.4 Å². The number of aromatic nitrogens is 4. The zero-order valence-corrected chi connectivity index (χ0v) is 10.3. The van der Waals surface area contributed by atoms with Crippen molar-refractivity contribution in [3.8, 4) is 0 Å². The molecular formula is C11H22N4O. The Kier molecular flexibility index (Phi) is 6.00. The summed E-state index contributed by atoms with van der Waals surface area (Å²) in [6.45, 7) is 2.20. The molecule has 0 aliphatic carbocycles. The van der Waals surface area contributed by atoms with Crippen molar-refractivity contribution >= 4 is 0 Å². The molecule has 1 N–H and O–H groups in total. The largest absolute Gasteiger partial charge is 0.393 e. The van der Waals surface area contributed by atoms with Gasteiger partial charge in [-0.3, -0.25) is 0 Å². The van der Waals surface area contributed by atoms with Crippen molar-refractivity contribution in [1.29, 1.82) is 0 Å². The quantitative estimate of drug-likeness (QED) is 0.682. The topological polar surface area (TPSA) is 63.8 Å². The fourth-order valence-corrected chi connectivity index (χ4v) is 1.70. The number of aliphatic hydroxyl groups excluding tert-OH is 1. The lowest BCUT2D eigenvalue weighted by atomic mass is 10.1. The van der Waals surface area contributed by atoms with E-state index in [0.717, 1.165) is 12.8 Å². The molecule has 0 spiro atoms. The van der Waals surface area contributed by atoms with E-state index in [-0.39, 0.29) is 6.10 Å². The first kappa shape index (κ1) is 13.1. The smallest absolute Gasteiger partial charge is 0.177 e. The molecule has 1 aromatic rings. The van der Waals surface area contributed by atoms with Gasteiger partial charge in [0.25, 0.3) is 0 Å². The number of aliphatic hydroxyl groups is 1. The van der Waals surface area contributed by atoms with Gasteiger partial charge in [0.15, 0.2) is 5.82 Å². The second kappa shape index (κ2) is 7.33. The average molecular weight is 226 g/mol. The molecule has 16 heavy (non-hydrogen) atoms. The van der Waals surface area contributed by atoms with Crippen LogP contribution >= 0.6 is 0 Å². The van der Waals surface area contributed by atoms with E-state index >= 15 is 0 Å². The Morgan fingerprint density at radius 3 is 2.62 bits per heavy atom. The van der Waals surface area contributed by atoms with Crippen molar-refractivity contribution < 1.29 is 5.11 Å². The maximum atomic E-state index is 9.75. The van der Waals surface area contributed by atoms with Gasteiger partial charge < -0.3 is 5.11 Å². The minimum absolute atomic E-state index is 0.328. The van der Waals surface area contributed by atoms with Crippen LogP contribution in [0.1, 0.15) is 51.3 Å². The fraction of sp³-hybridized carbons (Fsp3) is 0.909. The molecular weight excluding hydrogens is 204 g/mol. The van der Waals surface area contributed by atoms with Gasteiger partial charge in [-0.15, -0.1) is 10.2 Å². The van der Waals surface area contributed by atoms with Crippen LogP contribution < -0.4 is 0 Å². The molecule has 0 aliphatic heterocycles. The molecule has 1 unspecified atom stereocenters. The fourth-order valence-electron chi connectivity index (χ4n) is 1.70. The molecule has 0 aromatic carbocycles. The molecule has 0 amide bonds. The van der Waals surface area contributed by atoms with Crippen LogP contribution in [0.3, 0.4) is 0 Å². The van der Waals surface area contributed by atoms with Crippen LogP contribution in [0.5, 0.6) is 0 Å². The summed E-state index contributed by atoms with van der Waals surface area (Å²) in [7, 11) is 1.73. The molecule has 92 valence electrons. The first-order valence-corrected chi connectivity index (χ1v) is 6.13. The number of tetrazole rings is 1. The van der Waals surface area contributed by atoms with Crippen molar-refractivity contribution in [3.63, 3.8) is 0 Å². The molecule has 1 heterocycles. The first-order valence-electron chi connectivity index (χ1n) is 6.13. The lowest BCUT2D eigenvalue weighted by Crippen LogP contribution is -2.11. The molecule has 0 bridgehead atoms. The van der Waals surface area contributed by atoms with Crippen molar-refractivity contribution in [2.75, 3.05) is 0 Å². The van der Waals surface area contributed by atoms with Crippen LogP contribution in [-0.2, 0) is 13.5 Å². The molecule has 1 aromatic heterocycles. The summed E-state index contributed by atoms with van der Waals surface area (Å²) in [6.07, 6.45) is 7.13.